The minimum absolute atomic E-state index is 0.154. The van der Waals surface area contributed by atoms with Gasteiger partial charge in [-0.15, -0.1) is 0 Å². The first kappa shape index (κ1) is 16.9. The summed E-state index contributed by atoms with van der Waals surface area (Å²) in [5.41, 5.74) is 0. The number of aliphatic carboxylic acids is 2. The zero-order valence-electron chi connectivity index (χ0n) is 11.9. The van der Waals surface area contributed by atoms with Crippen LogP contribution < -0.4 is 0 Å². The van der Waals surface area contributed by atoms with Gasteiger partial charge in [0.2, 0.25) is 0 Å². The third-order valence-corrected chi connectivity index (χ3v) is 4.38. The molecule has 0 radical (unpaired) electrons. The van der Waals surface area contributed by atoms with Gasteiger partial charge in [-0.2, -0.15) is 0 Å². The van der Waals surface area contributed by atoms with E-state index in [1.54, 1.807) is 0 Å². The number of aliphatic hydroxyl groups excluding tert-OH is 2. The van der Waals surface area contributed by atoms with Crippen molar-refractivity contribution in [2.75, 3.05) is 0 Å². The number of carboxylic acids is 2. The van der Waals surface area contributed by atoms with Gasteiger partial charge in [-0.05, 0) is 37.5 Å². The second-order valence-electron chi connectivity index (χ2n) is 6.10. The highest BCUT2D eigenvalue weighted by Gasteiger charge is 2.34. The monoisotopic (exact) mass is 288 g/mol. The van der Waals surface area contributed by atoms with Crippen LogP contribution >= 0.6 is 0 Å². The number of hydrogen-bond donors (Lipinski definition) is 4. The zero-order valence-corrected chi connectivity index (χ0v) is 11.9. The standard InChI is InChI=1S/2C7H12O3/c2*1-4-2-5(7(9)10)3-6(4)8/h2*4-6,8H,2-3H2,1H3,(H,9,10)/t2*4-,5-,6-/m10/s1. The SMILES string of the molecule is C[C@@H]1C[C@@H](C(=O)O)C[C@H]1O.C[C@H]1C[C@H](C(=O)O)C[C@@H]1O. The van der Waals surface area contributed by atoms with Gasteiger partial charge in [0.1, 0.15) is 0 Å². The first-order valence-electron chi connectivity index (χ1n) is 7.04. The van der Waals surface area contributed by atoms with Gasteiger partial charge in [-0.3, -0.25) is 9.59 Å². The van der Waals surface area contributed by atoms with E-state index in [2.05, 4.69) is 0 Å². The molecule has 0 aliphatic heterocycles. The summed E-state index contributed by atoms with van der Waals surface area (Å²) >= 11 is 0. The van der Waals surface area contributed by atoms with E-state index >= 15 is 0 Å². The van der Waals surface area contributed by atoms with Gasteiger partial charge in [0.25, 0.3) is 0 Å². The molecule has 0 aromatic heterocycles. The molecule has 0 aromatic carbocycles. The predicted octanol–water partition coefficient (Wildman–Crippen LogP) is 0.956. The van der Waals surface area contributed by atoms with E-state index in [1.165, 1.54) is 0 Å². The molecule has 2 saturated carbocycles. The van der Waals surface area contributed by atoms with Gasteiger partial charge in [-0.1, -0.05) is 13.8 Å². The van der Waals surface area contributed by atoms with Crippen LogP contribution in [0.4, 0.5) is 0 Å². The lowest BCUT2D eigenvalue weighted by atomic mass is 10.1. The molecule has 0 unspecified atom stereocenters. The molecule has 2 rings (SSSR count). The van der Waals surface area contributed by atoms with Crippen LogP contribution in [0.5, 0.6) is 0 Å². The Hall–Kier alpha value is -1.14. The average Bonchev–Trinajstić information content (AvgIpc) is 2.85. The molecule has 6 nitrogen and oxygen atoms in total. The highest BCUT2D eigenvalue weighted by Crippen LogP contribution is 2.31. The van der Waals surface area contributed by atoms with Gasteiger partial charge in [0.05, 0.1) is 24.0 Å². The van der Waals surface area contributed by atoms with Gasteiger partial charge in [-0.25, -0.2) is 0 Å². The highest BCUT2D eigenvalue weighted by molar-refractivity contribution is 5.70. The lowest BCUT2D eigenvalue weighted by molar-refractivity contribution is -0.142. The third kappa shape index (κ3) is 4.45. The van der Waals surface area contributed by atoms with Crippen molar-refractivity contribution >= 4 is 11.9 Å². The molecule has 2 aliphatic carbocycles. The molecule has 0 amide bonds. The summed E-state index contributed by atoms with van der Waals surface area (Å²) in [5.74, 6) is -1.87. The second kappa shape index (κ2) is 7.04. The Bertz CT molecular complexity index is 302. The van der Waals surface area contributed by atoms with Crippen molar-refractivity contribution in [2.24, 2.45) is 23.7 Å². The van der Waals surface area contributed by atoms with Crippen LogP contribution in [0.1, 0.15) is 39.5 Å². The smallest absolute Gasteiger partial charge is 0.306 e. The van der Waals surface area contributed by atoms with Crippen molar-refractivity contribution in [3.63, 3.8) is 0 Å². The lowest BCUT2D eigenvalue weighted by Gasteiger charge is -2.03. The minimum atomic E-state index is -0.775. The highest BCUT2D eigenvalue weighted by atomic mass is 16.4. The molecule has 2 fully saturated rings. The van der Waals surface area contributed by atoms with E-state index in [-0.39, 0.29) is 23.7 Å². The third-order valence-electron chi connectivity index (χ3n) is 4.38. The fourth-order valence-corrected chi connectivity index (χ4v) is 2.86. The number of rotatable bonds is 2. The van der Waals surface area contributed by atoms with Crippen molar-refractivity contribution < 1.29 is 30.0 Å². The molecule has 20 heavy (non-hydrogen) atoms. The molecule has 0 bridgehead atoms. The first-order valence-corrected chi connectivity index (χ1v) is 7.04. The minimum Gasteiger partial charge on any atom is -0.481 e. The van der Waals surface area contributed by atoms with Crippen molar-refractivity contribution in [1.82, 2.24) is 0 Å². The van der Waals surface area contributed by atoms with Crippen molar-refractivity contribution in [3.05, 3.63) is 0 Å². The summed E-state index contributed by atoms with van der Waals surface area (Å²) in [6.07, 6.45) is 1.29. The maximum absolute atomic E-state index is 10.4. The molecule has 0 heterocycles. The van der Waals surface area contributed by atoms with Crippen LogP contribution in [-0.2, 0) is 9.59 Å². The molecule has 0 saturated heterocycles. The Morgan fingerprint density at radius 3 is 1.15 bits per heavy atom. The summed E-state index contributed by atoms with van der Waals surface area (Å²) in [6, 6.07) is 0. The normalized spacial score (nSPS) is 40.0. The van der Waals surface area contributed by atoms with Gasteiger partial charge < -0.3 is 20.4 Å². The van der Waals surface area contributed by atoms with Crippen molar-refractivity contribution in [2.45, 2.75) is 51.7 Å². The summed E-state index contributed by atoms with van der Waals surface area (Å²) in [6.45, 7) is 3.77. The van der Waals surface area contributed by atoms with E-state index in [1.807, 2.05) is 13.8 Å². The second-order valence-corrected chi connectivity index (χ2v) is 6.10. The van der Waals surface area contributed by atoms with Gasteiger partial charge in [0.15, 0.2) is 0 Å². The summed E-state index contributed by atoms with van der Waals surface area (Å²) in [7, 11) is 0. The first-order chi connectivity index (χ1) is 9.22. The number of carbonyl (C=O) groups is 2. The quantitative estimate of drug-likeness (QED) is 0.601. The molecule has 4 N–H and O–H groups in total. The molecule has 2 aliphatic rings. The van der Waals surface area contributed by atoms with Crippen LogP contribution in [-0.4, -0.2) is 44.6 Å². The van der Waals surface area contributed by atoms with Crippen molar-refractivity contribution in [3.8, 4) is 0 Å². The Kier molecular flexibility index (Phi) is 5.95. The molecule has 0 aromatic rings. The van der Waals surface area contributed by atoms with Crippen LogP contribution in [0.3, 0.4) is 0 Å². The summed E-state index contributed by atoms with van der Waals surface area (Å²) in [4.78, 5) is 20.8. The lowest BCUT2D eigenvalue weighted by Crippen LogP contribution is -2.10. The van der Waals surface area contributed by atoms with E-state index < -0.39 is 24.1 Å². The Morgan fingerprint density at radius 1 is 0.750 bits per heavy atom. The largest absolute Gasteiger partial charge is 0.481 e. The fraction of sp³-hybridized carbons (Fsp3) is 0.857. The summed E-state index contributed by atoms with van der Waals surface area (Å²) < 4.78 is 0. The molecule has 0 spiro atoms. The fourth-order valence-electron chi connectivity index (χ4n) is 2.86. The number of hydrogen-bond acceptors (Lipinski definition) is 4. The van der Waals surface area contributed by atoms with E-state index in [9.17, 15) is 9.59 Å². The number of aliphatic hydroxyl groups is 2. The molecular formula is C14H24O6. The zero-order chi connectivity index (χ0) is 15.4. The Morgan fingerprint density at radius 2 is 1.05 bits per heavy atom. The van der Waals surface area contributed by atoms with Gasteiger partial charge >= 0.3 is 11.9 Å². The number of carboxylic acid groups (broad SMARTS) is 2. The topological polar surface area (TPSA) is 115 Å². The van der Waals surface area contributed by atoms with Crippen LogP contribution in [0, 0.1) is 23.7 Å². The molecule has 116 valence electrons. The van der Waals surface area contributed by atoms with Crippen molar-refractivity contribution in [1.29, 1.82) is 0 Å². The maximum atomic E-state index is 10.4. The predicted molar refractivity (Wildman–Crippen MR) is 71.1 cm³/mol. The maximum Gasteiger partial charge on any atom is 0.306 e. The Balaban J connectivity index is 0.000000200. The van der Waals surface area contributed by atoms with E-state index in [4.69, 9.17) is 20.4 Å². The molecular weight excluding hydrogens is 264 g/mol. The van der Waals surface area contributed by atoms with E-state index in [0.29, 0.717) is 25.7 Å². The average molecular weight is 288 g/mol. The van der Waals surface area contributed by atoms with Crippen LogP contribution in [0.2, 0.25) is 0 Å². The van der Waals surface area contributed by atoms with Crippen LogP contribution in [0.25, 0.3) is 0 Å². The van der Waals surface area contributed by atoms with E-state index in [0.717, 1.165) is 0 Å². The Labute approximate surface area is 118 Å². The van der Waals surface area contributed by atoms with Gasteiger partial charge in [0, 0.05) is 0 Å². The summed E-state index contributed by atoms with van der Waals surface area (Å²) in [5, 5.41) is 35.4. The van der Waals surface area contributed by atoms with Crippen LogP contribution in [0.15, 0.2) is 0 Å². The molecule has 6 atom stereocenters. The molecule has 6 heteroatoms.